The van der Waals surface area contributed by atoms with E-state index in [1.807, 2.05) is 0 Å². The fourth-order valence-corrected chi connectivity index (χ4v) is 11.8. The van der Waals surface area contributed by atoms with E-state index >= 15 is 0 Å². The minimum Gasteiger partial charge on any atom is -0.508 e. The van der Waals surface area contributed by atoms with E-state index in [9.17, 15) is 47.6 Å². The fraction of sp³-hybridized carbons (Fsp3) is 0.200. The van der Waals surface area contributed by atoms with E-state index < -0.39 is 49.3 Å². The molecule has 0 aliphatic carbocycles. The van der Waals surface area contributed by atoms with E-state index in [4.69, 9.17) is 52.0 Å². The van der Waals surface area contributed by atoms with Crippen molar-refractivity contribution in [2.75, 3.05) is 37.0 Å². The van der Waals surface area contributed by atoms with Crippen molar-refractivity contribution < 1.29 is 76.4 Å². The van der Waals surface area contributed by atoms with Crippen molar-refractivity contribution >= 4 is 76.6 Å². The number of nitrogens with zero attached hydrogens (tertiary/aromatic N) is 6. The lowest BCUT2D eigenvalue weighted by Crippen LogP contribution is -2.30. The number of alkyl halides is 6. The Bertz CT molecular complexity index is 3600. The highest BCUT2D eigenvalue weighted by Gasteiger charge is 2.34. The minimum atomic E-state index is -4.56. The molecule has 0 bridgehead atoms. The molecule has 0 aliphatic heterocycles. The number of ether oxygens (including phenoxy) is 5. The number of aromatic hydroxyl groups is 1. The molecule has 0 fully saturated rings. The molecule has 8 aromatic rings. The van der Waals surface area contributed by atoms with Crippen molar-refractivity contribution in [3.63, 3.8) is 0 Å². The summed E-state index contributed by atoms with van der Waals surface area (Å²) >= 11 is 13.9. The molecule has 6 aromatic carbocycles. The van der Waals surface area contributed by atoms with Crippen LogP contribution in [0, 0.1) is 19.7 Å². The van der Waals surface area contributed by atoms with Crippen LogP contribution in [-0.2, 0) is 45.5 Å². The number of phenolic OH excluding ortho intramolecular Hbond substituents is 1. The van der Waals surface area contributed by atoms with Crippen LogP contribution in [0.25, 0.3) is 0 Å². The molecule has 79 heavy (non-hydrogen) atoms. The number of aromatic nitrogens is 4. The monoisotopic (exact) mass is 1220 g/mol. The largest absolute Gasteiger partial charge is 0.508 e. The lowest BCUT2D eigenvalue weighted by atomic mass is 10.1. The maximum absolute atomic E-state index is 13.8. The van der Waals surface area contributed by atoms with Gasteiger partial charge < -0.3 is 28.8 Å². The normalized spacial score (nSPS) is 11.6. The Labute approximate surface area is 466 Å². The van der Waals surface area contributed by atoms with Gasteiger partial charge in [0.25, 0.3) is 20.0 Å². The van der Waals surface area contributed by atoms with E-state index in [1.54, 1.807) is 36.4 Å². The Balaban J connectivity index is 0.000000218. The van der Waals surface area contributed by atoms with Crippen LogP contribution < -0.4 is 32.3 Å². The molecule has 16 nitrogen and oxygen atoms in total. The molecule has 1 N–H and O–H groups in total. The van der Waals surface area contributed by atoms with Crippen LogP contribution in [0.4, 0.5) is 41.0 Å². The summed E-state index contributed by atoms with van der Waals surface area (Å²) in [6, 6.07) is 23.1. The van der Waals surface area contributed by atoms with E-state index in [-0.39, 0.29) is 60.4 Å². The average molecular weight is 1220 g/mol. The number of hydrogen-bond acceptors (Lipinski definition) is 16. The highest BCUT2D eigenvalue weighted by Crippen LogP contribution is 2.39. The second-order valence-electron chi connectivity index (χ2n) is 16.2. The summed E-state index contributed by atoms with van der Waals surface area (Å²) < 4.78 is 180. The van der Waals surface area contributed by atoms with Crippen molar-refractivity contribution in [1.29, 1.82) is 0 Å². The number of anilines is 2. The van der Waals surface area contributed by atoms with Crippen molar-refractivity contribution in [2.45, 2.75) is 49.1 Å². The summed E-state index contributed by atoms with van der Waals surface area (Å²) in [5.74, 6) is 0.756. The van der Waals surface area contributed by atoms with Crippen LogP contribution in [0.15, 0.2) is 132 Å². The third-order valence-electron chi connectivity index (χ3n) is 10.7. The van der Waals surface area contributed by atoms with Crippen molar-refractivity contribution in [1.82, 2.24) is 18.7 Å². The molecule has 0 amide bonds. The molecule has 29 heteroatoms. The number of phenols is 1. The van der Waals surface area contributed by atoms with Gasteiger partial charge in [-0.2, -0.15) is 35.1 Å². The van der Waals surface area contributed by atoms with E-state index in [0.717, 1.165) is 74.1 Å². The zero-order valence-corrected chi connectivity index (χ0v) is 46.6. The van der Waals surface area contributed by atoms with Crippen LogP contribution >= 0.6 is 46.3 Å². The van der Waals surface area contributed by atoms with Crippen molar-refractivity contribution in [3.8, 4) is 40.2 Å². The van der Waals surface area contributed by atoms with Gasteiger partial charge in [-0.25, -0.2) is 39.8 Å². The van der Waals surface area contributed by atoms with Crippen LogP contribution in [0.5, 0.6) is 40.2 Å². The predicted octanol–water partition coefficient (Wildman–Crippen LogP) is 13.2. The number of benzene rings is 6. The number of hydrogen-bond donors (Lipinski definition) is 1. The maximum atomic E-state index is 13.8. The summed E-state index contributed by atoms with van der Waals surface area (Å²) in [5, 5.41) is 8.70. The second-order valence-corrected chi connectivity index (χ2v) is 22.2. The fourth-order valence-electron chi connectivity index (χ4n) is 6.98. The summed E-state index contributed by atoms with van der Waals surface area (Å²) in [5.41, 5.74) is 0.131. The molecular formula is C50H43Cl2F7N6O10S4. The molecule has 2 aromatic heterocycles. The van der Waals surface area contributed by atoms with E-state index in [0.29, 0.717) is 51.3 Å². The average Bonchev–Trinajstić information content (AvgIpc) is 4.23. The SMILES string of the molecule is COc1ccc(CN(c2ncns2)S(=O)(=O)c2ccc(F)c(Cl)c2)c(OC)c1.COc1ccc(CN(c2ncns2)S(=O)(=O)c2ccc(Oc3cc(C)cc(C(F)(F)F)c3)c(Cl)c2)c(OC)c1.Cc1cc(O)cc(C(F)(F)F)c1. The molecule has 0 unspecified atom stereocenters. The summed E-state index contributed by atoms with van der Waals surface area (Å²) in [6.07, 6.45) is -6.46. The number of methoxy groups -OCH3 is 4. The number of rotatable bonds is 16. The van der Waals surface area contributed by atoms with Crippen LogP contribution in [0.3, 0.4) is 0 Å². The van der Waals surface area contributed by atoms with Gasteiger partial charge in [-0.1, -0.05) is 23.2 Å². The maximum Gasteiger partial charge on any atom is 0.416 e. The lowest BCUT2D eigenvalue weighted by Gasteiger charge is -2.23. The van der Waals surface area contributed by atoms with E-state index in [2.05, 4.69) is 18.7 Å². The third kappa shape index (κ3) is 15.6. The molecule has 0 aliphatic rings. The first-order chi connectivity index (χ1) is 37.2. The van der Waals surface area contributed by atoms with Gasteiger partial charge in [0, 0.05) is 46.3 Å². The molecule has 0 saturated heterocycles. The summed E-state index contributed by atoms with van der Waals surface area (Å²) in [6.45, 7) is 2.76. The van der Waals surface area contributed by atoms with Gasteiger partial charge in [0.2, 0.25) is 10.3 Å². The highest BCUT2D eigenvalue weighted by atomic mass is 35.5. The Morgan fingerprint density at radius 3 is 1.41 bits per heavy atom. The van der Waals surface area contributed by atoms with E-state index in [1.165, 1.54) is 79.2 Å². The molecule has 8 rings (SSSR count). The Hall–Kier alpha value is -7.17. The lowest BCUT2D eigenvalue weighted by molar-refractivity contribution is -0.138. The van der Waals surface area contributed by atoms with Crippen molar-refractivity contribution in [3.05, 3.63) is 171 Å². The van der Waals surface area contributed by atoms with Gasteiger partial charge in [0.05, 0.1) is 72.5 Å². The number of sulfonamides is 2. The first-order valence-corrected chi connectivity index (χ1v) is 27.4. The van der Waals surface area contributed by atoms with Crippen LogP contribution in [-0.4, -0.2) is 69.1 Å². The number of halogens is 9. The van der Waals surface area contributed by atoms with Crippen LogP contribution in [0.1, 0.15) is 33.4 Å². The minimum absolute atomic E-state index is 0.0198. The third-order valence-corrected chi connectivity index (χ3v) is 16.4. The summed E-state index contributed by atoms with van der Waals surface area (Å²) in [7, 11) is -2.40. The first kappa shape index (κ1) is 61.0. The Morgan fingerprint density at radius 1 is 0.544 bits per heavy atom. The van der Waals surface area contributed by atoms with Gasteiger partial charge in [0.1, 0.15) is 58.7 Å². The standard InChI is InChI=1S/C25H21ClF3N3O5S2.C17H15ClFN3O4S2.C8H7F3O/c1-15-8-17(25(27,28)29)10-19(9-15)37-22-7-6-20(12-21(22)26)39(33,34)32(24-30-14-31-38-24)13-16-4-5-18(35-2)11-23(16)36-3;1-25-12-4-3-11(16(7-12)26-2)9-22(17-20-10-21-27-17)28(23,24)13-5-6-15(19)14(18)8-13;1-5-2-6(8(9,10)11)4-7(12)3-5/h4-12,14H,13H2,1-3H3;3-8,10H,9H2,1-2H3;2-4,12H,1H3. The quantitative estimate of drug-likeness (QED) is 0.0898. The van der Waals surface area contributed by atoms with Crippen molar-refractivity contribution in [2.24, 2.45) is 0 Å². The highest BCUT2D eigenvalue weighted by molar-refractivity contribution is 7.93. The molecule has 0 radical (unpaired) electrons. The number of aryl methyl sites for hydroxylation is 2. The van der Waals surface area contributed by atoms with Crippen LogP contribution in [0.2, 0.25) is 10.0 Å². The van der Waals surface area contributed by atoms with Gasteiger partial charge in [-0.05, 0) is 122 Å². The molecular weight excluding hydrogens is 1180 g/mol. The predicted molar refractivity (Wildman–Crippen MR) is 283 cm³/mol. The first-order valence-electron chi connectivity index (χ1n) is 22.2. The zero-order chi connectivity index (χ0) is 58.0. The Kier molecular flexibility index (Phi) is 19.9. The molecule has 420 valence electrons. The van der Waals surface area contributed by atoms with Gasteiger partial charge in [0.15, 0.2) is 0 Å². The molecule has 0 spiro atoms. The second kappa shape index (κ2) is 25.7. The summed E-state index contributed by atoms with van der Waals surface area (Å²) in [4.78, 5) is 7.72. The molecule has 2 heterocycles. The smallest absolute Gasteiger partial charge is 0.416 e. The van der Waals surface area contributed by atoms with Gasteiger partial charge in [-0.15, -0.1) is 0 Å². The topological polar surface area (TPSA) is 193 Å². The molecule has 0 saturated carbocycles. The zero-order valence-electron chi connectivity index (χ0n) is 41.8. The van der Waals surface area contributed by atoms with Gasteiger partial charge in [-0.3, -0.25) is 0 Å². The molecule has 0 atom stereocenters. The Morgan fingerprint density at radius 2 is 1.00 bits per heavy atom. The van der Waals surface area contributed by atoms with Gasteiger partial charge >= 0.3 is 12.4 Å².